The molecule has 1 saturated heterocycles. The first-order valence-electron chi connectivity index (χ1n) is 8.39. The highest BCUT2D eigenvalue weighted by molar-refractivity contribution is 5.17. The average molecular weight is 246 g/mol. The molecule has 18 heavy (non-hydrogen) atoms. The van der Waals surface area contributed by atoms with Gasteiger partial charge in [0, 0.05) is 18.6 Å². The van der Waals surface area contributed by atoms with Gasteiger partial charge in [-0.05, 0) is 81.2 Å². The maximum atomic E-state index is 3.82. The van der Waals surface area contributed by atoms with Crippen molar-refractivity contribution in [1.82, 2.24) is 10.2 Å². The highest BCUT2D eigenvalue weighted by atomic mass is 15.2. The van der Waals surface area contributed by atoms with Gasteiger partial charge in [0.2, 0.25) is 0 Å². The number of hydrogen-bond donors (Lipinski definition) is 1. The third-order valence-corrected chi connectivity index (χ3v) is 6.77. The van der Waals surface area contributed by atoms with E-state index in [1.165, 1.54) is 38.9 Å². The van der Waals surface area contributed by atoms with Crippen molar-refractivity contribution >= 4 is 0 Å². The molecule has 1 aliphatic heterocycles. The van der Waals surface area contributed by atoms with Crippen LogP contribution in [0, 0.1) is 29.6 Å². The molecule has 5 rings (SSSR count). The number of hydrogen-bond acceptors (Lipinski definition) is 2. The van der Waals surface area contributed by atoms with Crippen molar-refractivity contribution < 1.29 is 0 Å². The first kappa shape index (κ1) is 10.7. The fourth-order valence-electron chi connectivity index (χ4n) is 5.83. The van der Waals surface area contributed by atoms with E-state index in [-0.39, 0.29) is 0 Å². The van der Waals surface area contributed by atoms with E-state index in [9.17, 15) is 0 Å². The van der Waals surface area contributed by atoms with E-state index in [0.29, 0.717) is 0 Å². The number of fused-ring (bicyclic) bond motifs is 5. The summed E-state index contributed by atoms with van der Waals surface area (Å²) in [5.74, 6) is 5.59. The quantitative estimate of drug-likeness (QED) is 0.803. The molecular weight excluding hydrogens is 220 g/mol. The molecule has 2 heteroatoms. The summed E-state index contributed by atoms with van der Waals surface area (Å²) in [5.41, 5.74) is 0. The topological polar surface area (TPSA) is 15.3 Å². The van der Waals surface area contributed by atoms with Crippen molar-refractivity contribution in [2.45, 2.75) is 50.6 Å². The summed E-state index contributed by atoms with van der Waals surface area (Å²) in [6.45, 7) is 4.03. The zero-order chi connectivity index (χ0) is 11.7. The molecule has 0 radical (unpaired) electrons. The molecule has 100 valence electrons. The maximum Gasteiger partial charge on any atom is 0.0223 e. The molecule has 5 fully saturated rings. The molecule has 5 atom stereocenters. The summed E-state index contributed by atoms with van der Waals surface area (Å²) >= 11 is 0. The summed E-state index contributed by atoms with van der Waals surface area (Å²) in [5, 5.41) is 3.82. The standard InChI is InChI=1S/C16H26N2/c1-6-17-13(10-2-3-10)9-18(7-1)16-14-11-4-5-12(8-11)15(14)16/h10-17H,1-9H2. The van der Waals surface area contributed by atoms with Crippen LogP contribution in [-0.2, 0) is 0 Å². The van der Waals surface area contributed by atoms with Gasteiger partial charge in [0.1, 0.15) is 0 Å². The molecule has 0 aromatic heterocycles. The lowest BCUT2D eigenvalue weighted by atomic mass is 10.0. The monoisotopic (exact) mass is 246 g/mol. The molecule has 2 bridgehead atoms. The van der Waals surface area contributed by atoms with Crippen LogP contribution in [0.2, 0.25) is 0 Å². The van der Waals surface area contributed by atoms with E-state index >= 15 is 0 Å². The molecule has 0 amide bonds. The number of nitrogens with one attached hydrogen (secondary N) is 1. The van der Waals surface area contributed by atoms with Gasteiger partial charge in [0.05, 0.1) is 0 Å². The van der Waals surface area contributed by atoms with Crippen molar-refractivity contribution in [1.29, 1.82) is 0 Å². The van der Waals surface area contributed by atoms with Crippen LogP contribution in [0.4, 0.5) is 0 Å². The fourth-order valence-corrected chi connectivity index (χ4v) is 5.83. The molecule has 5 unspecified atom stereocenters. The molecule has 0 aromatic rings. The predicted octanol–water partition coefficient (Wildman–Crippen LogP) is 2.10. The minimum absolute atomic E-state index is 0.839. The normalized spacial score (nSPS) is 55.3. The predicted molar refractivity (Wildman–Crippen MR) is 72.3 cm³/mol. The minimum atomic E-state index is 0.839. The number of nitrogens with zero attached hydrogens (tertiary/aromatic N) is 1. The van der Waals surface area contributed by atoms with Gasteiger partial charge in [-0.3, -0.25) is 4.90 Å². The van der Waals surface area contributed by atoms with Gasteiger partial charge in [-0.1, -0.05) is 0 Å². The maximum absolute atomic E-state index is 3.82. The van der Waals surface area contributed by atoms with Crippen molar-refractivity contribution in [3.8, 4) is 0 Å². The lowest BCUT2D eigenvalue weighted by Gasteiger charge is -2.27. The van der Waals surface area contributed by atoms with E-state index in [0.717, 1.165) is 41.7 Å². The fraction of sp³-hybridized carbons (Fsp3) is 1.00. The summed E-state index contributed by atoms with van der Waals surface area (Å²) in [6.07, 6.45) is 9.11. The second-order valence-corrected chi connectivity index (χ2v) is 7.73. The Morgan fingerprint density at radius 3 is 2.33 bits per heavy atom. The highest BCUT2D eigenvalue weighted by Crippen LogP contribution is 2.67. The second kappa shape index (κ2) is 3.73. The Morgan fingerprint density at radius 2 is 1.61 bits per heavy atom. The van der Waals surface area contributed by atoms with Gasteiger partial charge < -0.3 is 5.32 Å². The van der Waals surface area contributed by atoms with Crippen LogP contribution >= 0.6 is 0 Å². The summed E-state index contributed by atoms with van der Waals surface area (Å²) < 4.78 is 0. The average Bonchev–Trinajstić information content (AvgIpc) is 3.27. The van der Waals surface area contributed by atoms with Crippen LogP contribution in [0.1, 0.15) is 38.5 Å². The molecule has 0 aromatic carbocycles. The van der Waals surface area contributed by atoms with Crippen molar-refractivity contribution in [3.05, 3.63) is 0 Å². The Hall–Kier alpha value is -0.0800. The van der Waals surface area contributed by atoms with Gasteiger partial charge in [0.15, 0.2) is 0 Å². The second-order valence-electron chi connectivity index (χ2n) is 7.73. The van der Waals surface area contributed by atoms with E-state index in [1.807, 2.05) is 0 Å². The third-order valence-electron chi connectivity index (χ3n) is 6.77. The van der Waals surface area contributed by atoms with E-state index in [1.54, 1.807) is 19.3 Å². The molecular formula is C16H26N2. The zero-order valence-corrected chi connectivity index (χ0v) is 11.4. The minimum Gasteiger partial charge on any atom is -0.312 e. The van der Waals surface area contributed by atoms with Crippen LogP contribution in [0.3, 0.4) is 0 Å². The van der Waals surface area contributed by atoms with Gasteiger partial charge in [-0.25, -0.2) is 0 Å². The smallest absolute Gasteiger partial charge is 0.0223 e. The van der Waals surface area contributed by atoms with Gasteiger partial charge in [-0.2, -0.15) is 0 Å². The molecule has 4 saturated carbocycles. The molecule has 2 nitrogen and oxygen atoms in total. The Kier molecular flexibility index (Phi) is 2.21. The third kappa shape index (κ3) is 1.48. The number of rotatable bonds is 2. The van der Waals surface area contributed by atoms with E-state index in [2.05, 4.69) is 10.2 Å². The van der Waals surface area contributed by atoms with E-state index < -0.39 is 0 Å². The molecule has 1 N–H and O–H groups in total. The Morgan fingerprint density at radius 1 is 0.889 bits per heavy atom. The SMILES string of the molecule is C1CNC(C2CC2)CN(C2C3C4CCC(C4)C32)C1. The first-order valence-corrected chi connectivity index (χ1v) is 8.39. The molecule has 4 aliphatic carbocycles. The Balaban J connectivity index is 1.31. The Labute approximate surface area is 110 Å². The lowest BCUT2D eigenvalue weighted by molar-refractivity contribution is 0.210. The first-order chi connectivity index (χ1) is 8.92. The van der Waals surface area contributed by atoms with Crippen molar-refractivity contribution in [2.24, 2.45) is 29.6 Å². The van der Waals surface area contributed by atoms with Gasteiger partial charge in [-0.15, -0.1) is 0 Å². The van der Waals surface area contributed by atoms with Crippen LogP contribution in [0.25, 0.3) is 0 Å². The highest BCUT2D eigenvalue weighted by Gasteiger charge is 2.66. The molecule has 0 spiro atoms. The van der Waals surface area contributed by atoms with Crippen molar-refractivity contribution in [3.63, 3.8) is 0 Å². The lowest BCUT2D eigenvalue weighted by Crippen LogP contribution is -2.41. The largest absolute Gasteiger partial charge is 0.312 e. The Bertz CT molecular complexity index is 335. The van der Waals surface area contributed by atoms with Crippen LogP contribution in [0.15, 0.2) is 0 Å². The summed E-state index contributed by atoms with van der Waals surface area (Å²) in [4.78, 5) is 2.92. The summed E-state index contributed by atoms with van der Waals surface area (Å²) in [7, 11) is 0. The molecule has 1 heterocycles. The van der Waals surface area contributed by atoms with Crippen LogP contribution < -0.4 is 5.32 Å². The van der Waals surface area contributed by atoms with E-state index in [4.69, 9.17) is 0 Å². The zero-order valence-electron chi connectivity index (χ0n) is 11.4. The van der Waals surface area contributed by atoms with Crippen LogP contribution in [-0.4, -0.2) is 36.6 Å². The van der Waals surface area contributed by atoms with Crippen molar-refractivity contribution in [2.75, 3.05) is 19.6 Å². The summed E-state index contributed by atoms with van der Waals surface area (Å²) in [6, 6.07) is 1.86. The van der Waals surface area contributed by atoms with Gasteiger partial charge >= 0.3 is 0 Å². The van der Waals surface area contributed by atoms with Gasteiger partial charge in [0.25, 0.3) is 0 Å². The van der Waals surface area contributed by atoms with Crippen LogP contribution in [0.5, 0.6) is 0 Å². The molecule has 5 aliphatic rings.